The predicted octanol–water partition coefficient (Wildman–Crippen LogP) is 3.04. The molecule has 0 spiro atoms. The summed E-state index contributed by atoms with van der Waals surface area (Å²) in [6, 6.07) is 6.72. The Morgan fingerprint density at radius 3 is 2.87 bits per heavy atom. The van der Waals surface area contributed by atoms with E-state index < -0.39 is 0 Å². The number of hydrogen-bond acceptors (Lipinski definition) is 2. The second-order valence-electron chi connectivity index (χ2n) is 3.21. The lowest BCUT2D eigenvalue weighted by atomic mass is 10.2. The third-order valence-corrected chi connectivity index (χ3v) is 2.22. The van der Waals surface area contributed by atoms with Gasteiger partial charge < -0.3 is 4.57 Å². The van der Waals surface area contributed by atoms with E-state index in [1.165, 1.54) is 6.07 Å². The molecule has 0 N–H and O–H groups in total. The van der Waals surface area contributed by atoms with Crippen LogP contribution in [0.15, 0.2) is 36.5 Å². The highest BCUT2D eigenvalue weighted by Crippen LogP contribution is 2.21. The van der Waals surface area contributed by atoms with Crippen molar-refractivity contribution in [3.63, 3.8) is 0 Å². The van der Waals surface area contributed by atoms with Crippen LogP contribution >= 0.6 is 0 Å². The largest absolute Gasteiger partial charge is 0.324 e. The van der Waals surface area contributed by atoms with E-state index in [1.807, 2.05) is 36.0 Å². The summed E-state index contributed by atoms with van der Waals surface area (Å²) in [6.45, 7) is 1.93. The number of rotatable bonds is 2. The van der Waals surface area contributed by atoms with Gasteiger partial charge in [0, 0.05) is 29.9 Å². The summed E-state index contributed by atoms with van der Waals surface area (Å²) in [4.78, 5) is 10.2. The number of allylic oxidation sites excluding steroid dienone is 1. The van der Waals surface area contributed by atoms with E-state index in [-0.39, 0.29) is 10.6 Å². The summed E-state index contributed by atoms with van der Waals surface area (Å²) in [6.07, 6.45) is 5.71. The van der Waals surface area contributed by atoms with Crippen LogP contribution in [0.3, 0.4) is 0 Å². The minimum atomic E-state index is -0.382. The zero-order valence-electron chi connectivity index (χ0n) is 8.25. The molecule has 0 saturated heterocycles. The van der Waals surface area contributed by atoms with Crippen LogP contribution in [-0.4, -0.2) is 9.49 Å². The first-order chi connectivity index (χ1) is 7.22. The van der Waals surface area contributed by atoms with Gasteiger partial charge >= 0.3 is 0 Å². The molecule has 4 nitrogen and oxygen atoms in total. The molecule has 1 aromatic heterocycles. The Hall–Kier alpha value is -2.10. The quantitative estimate of drug-likeness (QED) is 0.555. The molecular formula is C11H10N2O2. The highest BCUT2D eigenvalue weighted by molar-refractivity contribution is 5.84. The first-order valence-corrected chi connectivity index (χ1v) is 4.60. The third-order valence-electron chi connectivity index (χ3n) is 2.22. The van der Waals surface area contributed by atoms with Gasteiger partial charge in [-0.1, -0.05) is 6.08 Å². The average molecular weight is 202 g/mol. The Labute approximate surface area is 86.6 Å². The van der Waals surface area contributed by atoms with E-state index in [4.69, 9.17) is 0 Å². The van der Waals surface area contributed by atoms with Crippen molar-refractivity contribution in [2.24, 2.45) is 0 Å². The average Bonchev–Trinajstić information content (AvgIpc) is 2.61. The van der Waals surface area contributed by atoms with Crippen LogP contribution < -0.4 is 0 Å². The van der Waals surface area contributed by atoms with Crippen LogP contribution in [0.2, 0.25) is 0 Å². The molecule has 0 aliphatic rings. The van der Waals surface area contributed by atoms with Crippen LogP contribution in [0.4, 0.5) is 5.69 Å². The van der Waals surface area contributed by atoms with Crippen molar-refractivity contribution in [1.82, 2.24) is 4.57 Å². The summed E-state index contributed by atoms with van der Waals surface area (Å²) in [5.74, 6) is 0. The van der Waals surface area contributed by atoms with Crippen LogP contribution in [0.25, 0.3) is 17.1 Å². The van der Waals surface area contributed by atoms with Gasteiger partial charge in [0.2, 0.25) is 0 Å². The van der Waals surface area contributed by atoms with E-state index in [0.29, 0.717) is 0 Å². The molecule has 0 saturated carbocycles. The van der Waals surface area contributed by atoms with Crippen molar-refractivity contribution in [1.29, 1.82) is 0 Å². The Bertz CT molecular complexity index is 541. The van der Waals surface area contributed by atoms with Gasteiger partial charge in [0.1, 0.15) is 0 Å². The van der Waals surface area contributed by atoms with Crippen LogP contribution in [0, 0.1) is 10.1 Å². The SMILES string of the molecule is C/C=C/n1ccc2cc([N+](=O)[O-])ccc21. The van der Waals surface area contributed by atoms with Crippen molar-refractivity contribution in [3.05, 3.63) is 46.7 Å². The van der Waals surface area contributed by atoms with E-state index in [2.05, 4.69) is 0 Å². The molecule has 0 amide bonds. The molecule has 15 heavy (non-hydrogen) atoms. The van der Waals surface area contributed by atoms with Crippen molar-refractivity contribution in [3.8, 4) is 0 Å². The lowest BCUT2D eigenvalue weighted by Gasteiger charge is -1.96. The summed E-state index contributed by atoms with van der Waals surface area (Å²) < 4.78 is 1.93. The van der Waals surface area contributed by atoms with Gasteiger partial charge in [-0.3, -0.25) is 10.1 Å². The third kappa shape index (κ3) is 1.61. The first-order valence-electron chi connectivity index (χ1n) is 4.60. The number of fused-ring (bicyclic) bond motifs is 1. The molecule has 76 valence electrons. The molecule has 0 aliphatic heterocycles. The van der Waals surface area contributed by atoms with Gasteiger partial charge in [0.25, 0.3) is 5.69 Å². The predicted molar refractivity (Wildman–Crippen MR) is 59.6 cm³/mol. The number of nitro groups is 1. The Morgan fingerprint density at radius 2 is 2.20 bits per heavy atom. The molecular weight excluding hydrogens is 192 g/mol. The monoisotopic (exact) mass is 202 g/mol. The molecule has 4 heteroatoms. The van der Waals surface area contributed by atoms with E-state index in [1.54, 1.807) is 12.1 Å². The molecule has 0 atom stereocenters. The number of nitro benzene ring substituents is 1. The molecule has 2 aromatic rings. The molecule has 0 bridgehead atoms. The van der Waals surface area contributed by atoms with E-state index in [9.17, 15) is 10.1 Å². The Balaban J connectivity index is 2.61. The Morgan fingerprint density at radius 1 is 1.40 bits per heavy atom. The number of aromatic nitrogens is 1. The molecule has 0 aliphatic carbocycles. The fraction of sp³-hybridized carbons (Fsp3) is 0.0909. The summed E-state index contributed by atoms with van der Waals surface area (Å²) >= 11 is 0. The maximum atomic E-state index is 10.6. The topological polar surface area (TPSA) is 48.1 Å². The van der Waals surface area contributed by atoms with Crippen molar-refractivity contribution >= 4 is 22.8 Å². The van der Waals surface area contributed by atoms with Gasteiger partial charge in [-0.15, -0.1) is 0 Å². The standard InChI is InChI=1S/C11H10N2O2/c1-2-6-12-7-5-9-8-10(13(14)15)3-4-11(9)12/h2-8H,1H3/b6-2+. The van der Waals surface area contributed by atoms with Crippen LogP contribution in [-0.2, 0) is 0 Å². The van der Waals surface area contributed by atoms with E-state index >= 15 is 0 Å². The van der Waals surface area contributed by atoms with Crippen molar-refractivity contribution < 1.29 is 4.92 Å². The molecule has 0 radical (unpaired) electrons. The van der Waals surface area contributed by atoms with Gasteiger partial charge in [-0.05, 0) is 19.1 Å². The molecule has 1 aromatic carbocycles. The Kier molecular flexibility index (Phi) is 2.25. The highest BCUT2D eigenvalue weighted by Gasteiger charge is 2.07. The lowest BCUT2D eigenvalue weighted by Crippen LogP contribution is -1.87. The maximum Gasteiger partial charge on any atom is 0.270 e. The van der Waals surface area contributed by atoms with Crippen molar-refractivity contribution in [2.45, 2.75) is 6.92 Å². The summed E-state index contributed by atoms with van der Waals surface area (Å²) in [5, 5.41) is 11.4. The fourth-order valence-electron chi connectivity index (χ4n) is 1.56. The summed E-state index contributed by atoms with van der Waals surface area (Å²) in [5.41, 5.74) is 1.10. The summed E-state index contributed by atoms with van der Waals surface area (Å²) in [7, 11) is 0. The minimum Gasteiger partial charge on any atom is -0.324 e. The van der Waals surface area contributed by atoms with Gasteiger partial charge in [-0.25, -0.2) is 0 Å². The number of non-ortho nitro benzene ring substituents is 1. The molecule has 0 unspecified atom stereocenters. The molecule has 1 heterocycles. The fourth-order valence-corrected chi connectivity index (χ4v) is 1.56. The van der Waals surface area contributed by atoms with Crippen LogP contribution in [0.5, 0.6) is 0 Å². The first kappa shape index (κ1) is 9.45. The van der Waals surface area contributed by atoms with Crippen LogP contribution in [0.1, 0.15) is 6.92 Å². The zero-order chi connectivity index (χ0) is 10.8. The smallest absolute Gasteiger partial charge is 0.270 e. The molecule has 0 fully saturated rings. The number of benzene rings is 1. The van der Waals surface area contributed by atoms with E-state index in [0.717, 1.165) is 10.9 Å². The maximum absolute atomic E-state index is 10.6. The normalized spacial score (nSPS) is 11.3. The minimum absolute atomic E-state index is 0.126. The number of hydrogen-bond donors (Lipinski definition) is 0. The van der Waals surface area contributed by atoms with Gasteiger partial charge in [0.05, 0.1) is 10.4 Å². The van der Waals surface area contributed by atoms with Gasteiger partial charge in [-0.2, -0.15) is 0 Å². The number of nitrogens with zero attached hydrogens (tertiary/aromatic N) is 2. The molecule has 2 rings (SSSR count). The van der Waals surface area contributed by atoms with Crippen molar-refractivity contribution in [2.75, 3.05) is 0 Å². The highest BCUT2D eigenvalue weighted by atomic mass is 16.6. The second kappa shape index (κ2) is 3.57. The second-order valence-corrected chi connectivity index (χ2v) is 3.21. The van der Waals surface area contributed by atoms with Gasteiger partial charge in [0.15, 0.2) is 0 Å². The lowest BCUT2D eigenvalue weighted by molar-refractivity contribution is -0.384. The zero-order valence-corrected chi connectivity index (χ0v) is 8.25.